The van der Waals surface area contributed by atoms with Gasteiger partial charge in [-0.25, -0.2) is 8.42 Å². The Kier molecular flexibility index (Phi) is 6.70. The van der Waals surface area contributed by atoms with Crippen LogP contribution in [0.5, 0.6) is 0 Å². The molecule has 0 radical (unpaired) electrons. The van der Waals surface area contributed by atoms with E-state index in [0.717, 1.165) is 19.4 Å². The Morgan fingerprint density at radius 2 is 1.71 bits per heavy atom. The van der Waals surface area contributed by atoms with Gasteiger partial charge < -0.3 is 5.32 Å². The topological polar surface area (TPSA) is 46.2 Å². The second-order valence-corrected chi connectivity index (χ2v) is 8.67. The van der Waals surface area contributed by atoms with Gasteiger partial charge in [0, 0.05) is 17.5 Å². The van der Waals surface area contributed by atoms with Crippen molar-refractivity contribution in [2.75, 3.05) is 18.6 Å². The highest BCUT2D eigenvalue weighted by atomic mass is 32.2. The molecule has 0 aliphatic rings. The van der Waals surface area contributed by atoms with E-state index in [1.54, 1.807) is 0 Å². The van der Waals surface area contributed by atoms with Gasteiger partial charge in [0.25, 0.3) is 0 Å². The zero-order chi connectivity index (χ0) is 13.7. The molecule has 0 saturated carbocycles. The molecule has 0 saturated heterocycles. The minimum Gasteiger partial charge on any atom is -0.312 e. The third kappa shape index (κ3) is 10.8. The highest BCUT2D eigenvalue weighted by Gasteiger charge is 2.17. The summed E-state index contributed by atoms with van der Waals surface area (Å²) in [5.74, 6) is 1.45. The van der Waals surface area contributed by atoms with Crippen molar-refractivity contribution in [1.82, 2.24) is 5.32 Å². The predicted octanol–water partition coefficient (Wildman–Crippen LogP) is 2.47. The van der Waals surface area contributed by atoms with E-state index < -0.39 is 9.84 Å². The summed E-state index contributed by atoms with van der Waals surface area (Å²) in [6, 6.07) is 0. The Morgan fingerprint density at radius 1 is 1.18 bits per heavy atom. The van der Waals surface area contributed by atoms with Crippen molar-refractivity contribution in [1.29, 1.82) is 0 Å². The number of sulfone groups is 1. The van der Waals surface area contributed by atoms with Gasteiger partial charge in [0.15, 0.2) is 0 Å². The van der Waals surface area contributed by atoms with Crippen molar-refractivity contribution in [2.24, 2.45) is 11.8 Å². The van der Waals surface area contributed by atoms with Crippen LogP contribution in [0.3, 0.4) is 0 Å². The van der Waals surface area contributed by atoms with Crippen LogP contribution in [0, 0.1) is 11.8 Å². The Morgan fingerprint density at radius 3 is 2.06 bits per heavy atom. The minimum absolute atomic E-state index is 0.129. The molecular weight excluding hydrogens is 234 g/mol. The van der Waals surface area contributed by atoms with Gasteiger partial charge >= 0.3 is 0 Å². The van der Waals surface area contributed by atoms with Gasteiger partial charge in [0.1, 0.15) is 9.84 Å². The zero-order valence-electron chi connectivity index (χ0n) is 12.2. The van der Waals surface area contributed by atoms with Crippen LogP contribution in [0.2, 0.25) is 0 Å². The van der Waals surface area contributed by atoms with Crippen LogP contribution in [0.25, 0.3) is 0 Å². The molecule has 0 aromatic rings. The molecule has 1 atom stereocenters. The van der Waals surface area contributed by atoms with Gasteiger partial charge in [0.05, 0.1) is 0 Å². The first-order valence-electron chi connectivity index (χ1n) is 6.44. The Bertz CT molecular complexity index is 302. The molecule has 0 rings (SSSR count). The fourth-order valence-corrected chi connectivity index (χ4v) is 2.41. The molecule has 0 fully saturated rings. The summed E-state index contributed by atoms with van der Waals surface area (Å²) < 4.78 is 22.2. The maximum Gasteiger partial charge on any atom is 0.147 e. The van der Waals surface area contributed by atoms with E-state index in [4.69, 9.17) is 0 Å². The Balaban J connectivity index is 4.09. The van der Waals surface area contributed by atoms with Crippen molar-refractivity contribution in [3.8, 4) is 0 Å². The molecule has 0 aromatic heterocycles. The Hall–Kier alpha value is -0.0900. The maximum absolute atomic E-state index is 11.1. The molecule has 0 spiro atoms. The molecule has 1 N–H and O–H groups in total. The maximum atomic E-state index is 11.1. The lowest BCUT2D eigenvalue weighted by Gasteiger charge is -2.27. The fourth-order valence-electron chi connectivity index (χ4n) is 1.72. The molecule has 104 valence electrons. The van der Waals surface area contributed by atoms with Crippen molar-refractivity contribution in [3.63, 3.8) is 0 Å². The van der Waals surface area contributed by atoms with Crippen LogP contribution >= 0.6 is 0 Å². The summed E-state index contributed by atoms with van der Waals surface area (Å²) >= 11 is 0. The first-order chi connectivity index (χ1) is 7.51. The molecule has 0 aromatic carbocycles. The second kappa shape index (κ2) is 6.74. The van der Waals surface area contributed by atoms with Crippen LogP contribution in [0.1, 0.15) is 47.5 Å². The molecule has 0 aliphatic heterocycles. The molecule has 0 aliphatic carbocycles. The molecule has 0 amide bonds. The zero-order valence-corrected chi connectivity index (χ0v) is 13.0. The van der Waals surface area contributed by atoms with Crippen LogP contribution in [0.15, 0.2) is 0 Å². The first kappa shape index (κ1) is 16.9. The molecule has 0 heterocycles. The van der Waals surface area contributed by atoms with Crippen molar-refractivity contribution in [2.45, 2.75) is 53.0 Å². The minimum atomic E-state index is -2.81. The third-order valence-electron chi connectivity index (χ3n) is 2.93. The van der Waals surface area contributed by atoms with Gasteiger partial charge in [0.2, 0.25) is 0 Å². The average molecular weight is 263 g/mol. The van der Waals surface area contributed by atoms with E-state index in [0.29, 0.717) is 17.6 Å². The lowest BCUT2D eigenvalue weighted by Crippen LogP contribution is -2.40. The molecule has 1 unspecified atom stereocenters. The Labute approximate surface area is 107 Å². The van der Waals surface area contributed by atoms with Crippen molar-refractivity contribution < 1.29 is 8.42 Å². The predicted molar refractivity (Wildman–Crippen MR) is 75.0 cm³/mol. The summed E-state index contributed by atoms with van der Waals surface area (Å²) in [6.45, 7) is 11.8. The summed E-state index contributed by atoms with van der Waals surface area (Å²) in [5, 5.41) is 3.50. The fraction of sp³-hybridized carbons (Fsp3) is 1.00. The summed E-state index contributed by atoms with van der Waals surface area (Å²) in [4.78, 5) is 0. The van der Waals surface area contributed by atoms with Crippen LogP contribution in [-0.4, -0.2) is 32.5 Å². The van der Waals surface area contributed by atoms with E-state index in [1.807, 2.05) is 0 Å². The summed E-state index contributed by atoms with van der Waals surface area (Å²) in [7, 11) is -2.81. The third-order valence-corrected chi connectivity index (χ3v) is 3.96. The van der Waals surface area contributed by atoms with Crippen molar-refractivity contribution in [3.05, 3.63) is 0 Å². The van der Waals surface area contributed by atoms with E-state index in [1.165, 1.54) is 6.26 Å². The van der Waals surface area contributed by atoms with Gasteiger partial charge in [-0.2, -0.15) is 0 Å². The van der Waals surface area contributed by atoms with Gasteiger partial charge in [-0.3, -0.25) is 0 Å². The lowest BCUT2D eigenvalue weighted by molar-refractivity contribution is 0.297. The standard InChI is InChI=1S/C13H29NO2S/c1-11(2)12(10-14-13(3,4)5)8-7-9-17(6,15)16/h11-12,14H,7-10H2,1-6H3. The van der Waals surface area contributed by atoms with Crippen LogP contribution in [-0.2, 0) is 9.84 Å². The first-order valence-corrected chi connectivity index (χ1v) is 8.50. The highest BCUT2D eigenvalue weighted by Crippen LogP contribution is 2.18. The number of hydrogen-bond donors (Lipinski definition) is 1. The molecule has 17 heavy (non-hydrogen) atoms. The van der Waals surface area contributed by atoms with Crippen molar-refractivity contribution >= 4 is 9.84 Å². The molecule has 0 bridgehead atoms. The van der Waals surface area contributed by atoms with Gasteiger partial charge in [-0.1, -0.05) is 13.8 Å². The van der Waals surface area contributed by atoms with Crippen LogP contribution < -0.4 is 5.32 Å². The monoisotopic (exact) mass is 263 g/mol. The quantitative estimate of drug-likeness (QED) is 0.767. The van der Waals surface area contributed by atoms with E-state index in [9.17, 15) is 8.42 Å². The smallest absolute Gasteiger partial charge is 0.147 e. The number of hydrogen-bond acceptors (Lipinski definition) is 3. The van der Waals surface area contributed by atoms with E-state index >= 15 is 0 Å². The molecular formula is C13H29NO2S. The normalized spacial score (nSPS) is 15.2. The highest BCUT2D eigenvalue weighted by molar-refractivity contribution is 7.90. The largest absolute Gasteiger partial charge is 0.312 e. The SMILES string of the molecule is CC(C)C(CCCS(C)(=O)=O)CNC(C)(C)C. The molecule has 3 nitrogen and oxygen atoms in total. The van der Waals surface area contributed by atoms with Crippen LogP contribution in [0.4, 0.5) is 0 Å². The number of nitrogens with one attached hydrogen (secondary N) is 1. The van der Waals surface area contributed by atoms with Gasteiger partial charge in [-0.15, -0.1) is 0 Å². The summed E-state index contributed by atoms with van der Waals surface area (Å²) in [6.07, 6.45) is 3.06. The average Bonchev–Trinajstić information content (AvgIpc) is 2.06. The lowest BCUT2D eigenvalue weighted by atomic mass is 9.90. The second-order valence-electron chi connectivity index (χ2n) is 6.41. The number of rotatable bonds is 7. The molecule has 4 heteroatoms. The van der Waals surface area contributed by atoms with Gasteiger partial charge in [-0.05, 0) is 52.0 Å². The van der Waals surface area contributed by atoms with E-state index in [-0.39, 0.29) is 5.54 Å². The summed E-state index contributed by atoms with van der Waals surface area (Å²) in [5.41, 5.74) is 0.129. The van der Waals surface area contributed by atoms with E-state index in [2.05, 4.69) is 39.9 Å².